The molecular formula is C21H23N3O4S. The van der Waals surface area contributed by atoms with Crippen molar-refractivity contribution in [1.29, 1.82) is 0 Å². The van der Waals surface area contributed by atoms with E-state index in [9.17, 15) is 13.2 Å². The molecule has 2 aliphatic rings. The van der Waals surface area contributed by atoms with Crippen molar-refractivity contribution < 1.29 is 17.9 Å². The molecule has 0 spiro atoms. The van der Waals surface area contributed by atoms with Crippen LogP contribution in [0.15, 0.2) is 59.5 Å². The van der Waals surface area contributed by atoms with Crippen molar-refractivity contribution in [2.45, 2.75) is 30.2 Å². The van der Waals surface area contributed by atoms with E-state index in [4.69, 9.17) is 9.88 Å². The van der Waals surface area contributed by atoms with E-state index in [2.05, 4.69) is 22.8 Å². The molecule has 4 rings (SSSR count). The van der Waals surface area contributed by atoms with Gasteiger partial charge in [-0.2, -0.15) is 0 Å². The minimum absolute atomic E-state index is 0.0690. The van der Waals surface area contributed by atoms with Crippen molar-refractivity contribution in [2.75, 3.05) is 17.2 Å². The molecule has 0 bridgehead atoms. The Hall–Kier alpha value is -2.84. The zero-order valence-corrected chi connectivity index (χ0v) is 16.8. The standard InChI is InChI=1S/C21H23N3O4S/c1-2-28-21(25)23-14-8-6-13(7-9-14)20-17-5-3-4-16(17)18-12-15(29(22,26)27)10-11-19(18)24-20/h3-4,6-12,16-17,20,24H,2,5H2,1H3,(H,23,25)(H2,22,26,27). The van der Waals surface area contributed by atoms with Crippen molar-refractivity contribution in [1.82, 2.24) is 0 Å². The molecule has 152 valence electrons. The van der Waals surface area contributed by atoms with Gasteiger partial charge in [0.1, 0.15) is 0 Å². The lowest BCUT2D eigenvalue weighted by molar-refractivity contribution is 0.168. The molecule has 1 aliphatic carbocycles. The quantitative estimate of drug-likeness (QED) is 0.662. The van der Waals surface area contributed by atoms with Crippen LogP contribution >= 0.6 is 0 Å². The number of carbonyl (C=O) groups is 1. The van der Waals surface area contributed by atoms with Gasteiger partial charge in [-0.15, -0.1) is 0 Å². The lowest BCUT2D eigenvalue weighted by atomic mass is 9.77. The minimum atomic E-state index is -3.75. The number of primary sulfonamides is 1. The van der Waals surface area contributed by atoms with Gasteiger partial charge in [-0.25, -0.2) is 18.4 Å². The molecule has 1 amide bonds. The summed E-state index contributed by atoms with van der Waals surface area (Å²) in [6.45, 7) is 2.08. The van der Waals surface area contributed by atoms with Crippen molar-refractivity contribution in [3.63, 3.8) is 0 Å². The Morgan fingerprint density at radius 1 is 1.24 bits per heavy atom. The van der Waals surface area contributed by atoms with E-state index in [-0.39, 0.29) is 22.8 Å². The summed E-state index contributed by atoms with van der Waals surface area (Å²) in [6, 6.07) is 12.7. The second-order valence-corrected chi connectivity index (χ2v) is 8.80. The van der Waals surface area contributed by atoms with Gasteiger partial charge < -0.3 is 10.1 Å². The molecule has 7 nitrogen and oxygen atoms in total. The number of allylic oxidation sites excluding steroid dienone is 2. The van der Waals surface area contributed by atoms with Crippen LogP contribution in [0.3, 0.4) is 0 Å². The lowest BCUT2D eigenvalue weighted by Crippen LogP contribution is -2.29. The molecule has 29 heavy (non-hydrogen) atoms. The Kier molecular flexibility index (Phi) is 5.06. The van der Waals surface area contributed by atoms with E-state index in [0.29, 0.717) is 12.3 Å². The number of hydrogen-bond donors (Lipinski definition) is 3. The number of benzene rings is 2. The maximum atomic E-state index is 11.7. The number of fused-ring (bicyclic) bond motifs is 3. The van der Waals surface area contributed by atoms with Crippen LogP contribution in [0.4, 0.5) is 16.2 Å². The summed E-state index contributed by atoms with van der Waals surface area (Å²) in [7, 11) is -3.75. The van der Waals surface area contributed by atoms with E-state index in [1.165, 1.54) is 6.07 Å². The molecule has 2 aromatic carbocycles. The monoisotopic (exact) mass is 413 g/mol. The fraction of sp³-hybridized carbons (Fsp3) is 0.286. The second kappa shape index (κ2) is 7.53. The predicted molar refractivity (Wildman–Crippen MR) is 111 cm³/mol. The third-order valence-electron chi connectivity index (χ3n) is 5.45. The van der Waals surface area contributed by atoms with Gasteiger partial charge in [0.2, 0.25) is 10.0 Å². The van der Waals surface area contributed by atoms with E-state index in [1.807, 2.05) is 24.3 Å². The molecule has 1 heterocycles. The topological polar surface area (TPSA) is 111 Å². The second-order valence-electron chi connectivity index (χ2n) is 7.24. The molecule has 0 saturated carbocycles. The van der Waals surface area contributed by atoms with Gasteiger partial charge in [0.05, 0.1) is 17.5 Å². The van der Waals surface area contributed by atoms with Crippen LogP contribution in [-0.2, 0) is 14.8 Å². The van der Waals surface area contributed by atoms with Gasteiger partial charge in [0.25, 0.3) is 0 Å². The Labute approximate surface area is 170 Å². The highest BCUT2D eigenvalue weighted by Gasteiger charge is 2.38. The molecule has 4 N–H and O–H groups in total. The van der Waals surface area contributed by atoms with E-state index in [1.54, 1.807) is 19.1 Å². The highest BCUT2D eigenvalue weighted by Crippen LogP contribution is 2.50. The highest BCUT2D eigenvalue weighted by molar-refractivity contribution is 7.89. The van der Waals surface area contributed by atoms with Crippen LogP contribution in [0, 0.1) is 5.92 Å². The molecule has 3 atom stereocenters. The highest BCUT2D eigenvalue weighted by atomic mass is 32.2. The summed E-state index contributed by atoms with van der Waals surface area (Å²) in [5, 5.41) is 11.6. The maximum absolute atomic E-state index is 11.7. The normalized spacial score (nSPS) is 22.3. The van der Waals surface area contributed by atoms with Crippen LogP contribution in [-0.4, -0.2) is 21.1 Å². The molecular weight excluding hydrogens is 390 g/mol. The van der Waals surface area contributed by atoms with Crippen LogP contribution in [0.1, 0.15) is 36.4 Å². The molecule has 0 fully saturated rings. The fourth-order valence-electron chi connectivity index (χ4n) is 4.14. The van der Waals surface area contributed by atoms with Gasteiger partial charge in [-0.3, -0.25) is 5.32 Å². The molecule has 8 heteroatoms. The minimum Gasteiger partial charge on any atom is -0.450 e. The van der Waals surface area contributed by atoms with Crippen molar-refractivity contribution in [3.8, 4) is 0 Å². The zero-order valence-electron chi connectivity index (χ0n) is 16.0. The third kappa shape index (κ3) is 3.86. The number of amides is 1. The van der Waals surface area contributed by atoms with Crippen LogP contribution < -0.4 is 15.8 Å². The summed E-state index contributed by atoms with van der Waals surface area (Å²) < 4.78 is 28.4. The number of sulfonamides is 1. The number of rotatable bonds is 4. The first-order chi connectivity index (χ1) is 13.9. The predicted octanol–water partition coefficient (Wildman–Crippen LogP) is 3.73. The fourth-order valence-corrected chi connectivity index (χ4v) is 4.69. The van der Waals surface area contributed by atoms with E-state index >= 15 is 0 Å². The van der Waals surface area contributed by atoms with Gasteiger partial charge >= 0.3 is 6.09 Å². The Morgan fingerprint density at radius 2 is 2.00 bits per heavy atom. The largest absolute Gasteiger partial charge is 0.450 e. The van der Waals surface area contributed by atoms with Crippen LogP contribution in [0.2, 0.25) is 0 Å². The summed E-state index contributed by atoms with van der Waals surface area (Å²) in [5.41, 5.74) is 3.62. The van der Waals surface area contributed by atoms with Crippen LogP contribution in [0.25, 0.3) is 0 Å². The number of nitrogens with two attached hydrogens (primary N) is 1. The number of ether oxygens (including phenoxy) is 1. The molecule has 0 radical (unpaired) electrons. The van der Waals surface area contributed by atoms with E-state index in [0.717, 1.165) is 23.2 Å². The van der Waals surface area contributed by atoms with Crippen LogP contribution in [0.5, 0.6) is 0 Å². The van der Waals surface area contributed by atoms with Crippen molar-refractivity contribution >= 4 is 27.5 Å². The lowest BCUT2D eigenvalue weighted by Gasteiger charge is -2.37. The molecule has 0 saturated heterocycles. The van der Waals surface area contributed by atoms with E-state index < -0.39 is 16.1 Å². The summed E-state index contributed by atoms with van der Waals surface area (Å²) in [6.07, 6.45) is 4.69. The first-order valence-corrected chi connectivity index (χ1v) is 11.0. The molecule has 1 aliphatic heterocycles. The molecule has 0 aromatic heterocycles. The first kappa shape index (κ1) is 19.5. The van der Waals surface area contributed by atoms with Gasteiger partial charge in [-0.05, 0) is 60.7 Å². The summed E-state index contributed by atoms with van der Waals surface area (Å²) in [5.74, 6) is 0.386. The molecule has 2 aromatic rings. The Balaban J connectivity index is 1.61. The van der Waals surface area contributed by atoms with Gasteiger partial charge in [-0.1, -0.05) is 24.3 Å². The Morgan fingerprint density at radius 3 is 2.69 bits per heavy atom. The Bertz CT molecular complexity index is 1060. The SMILES string of the molecule is CCOC(=O)Nc1ccc(C2Nc3ccc(S(N)(=O)=O)cc3C3C=CCC32)cc1. The third-order valence-corrected chi connectivity index (χ3v) is 6.37. The maximum Gasteiger partial charge on any atom is 0.411 e. The first-order valence-electron chi connectivity index (χ1n) is 9.50. The van der Waals surface area contributed by atoms with Gasteiger partial charge in [0, 0.05) is 17.3 Å². The van der Waals surface area contributed by atoms with Crippen molar-refractivity contribution in [2.24, 2.45) is 11.1 Å². The summed E-state index contributed by atoms with van der Waals surface area (Å²) in [4.78, 5) is 11.7. The van der Waals surface area contributed by atoms with Crippen molar-refractivity contribution in [3.05, 3.63) is 65.7 Å². The number of nitrogens with one attached hydrogen (secondary N) is 2. The number of carbonyl (C=O) groups excluding carboxylic acids is 1. The average molecular weight is 413 g/mol. The summed E-state index contributed by atoms with van der Waals surface area (Å²) >= 11 is 0. The molecule has 3 unspecified atom stereocenters. The number of anilines is 2. The average Bonchev–Trinajstić information content (AvgIpc) is 3.17. The number of hydrogen-bond acceptors (Lipinski definition) is 5. The van der Waals surface area contributed by atoms with Gasteiger partial charge in [0.15, 0.2) is 0 Å². The smallest absolute Gasteiger partial charge is 0.411 e. The zero-order chi connectivity index (χ0) is 20.6.